The minimum atomic E-state index is 0.359. The predicted octanol–water partition coefficient (Wildman–Crippen LogP) is 4.12. The highest BCUT2D eigenvalue weighted by molar-refractivity contribution is 6.30. The second kappa shape index (κ2) is 8.71. The third-order valence-corrected chi connectivity index (χ3v) is 5.25. The number of nitrogens with zero attached hydrogens (tertiary/aromatic N) is 4. The smallest absolute Gasteiger partial charge is 0.155 e. The molecule has 0 aliphatic carbocycles. The summed E-state index contributed by atoms with van der Waals surface area (Å²) in [5.74, 6) is 3.01. The van der Waals surface area contributed by atoms with Gasteiger partial charge in [0.15, 0.2) is 5.82 Å². The Kier molecular flexibility index (Phi) is 5.88. The molecule has 0 amide bonds. The van der Waals surface area contributed by atoms with Crippen molar-refractivity contribution in [2.24, 2.45) is 0 Å². The van der Waals surface area contributed by atoms with Crippen molar-refractivity contribution in [1.82, 2.24) is 25.1 Å². The molecular weight excluding hydrogens is 374 g/mol. The van der Waals surface area contributed by atoms with Crippen LogP contribution in [0.1, 0.15) is 41.5 Å². The predicted molar refractivity (Wildman–Crippen MR) is 108 cm³/mol. The summed E-state index contributed by atoms with van der Waals surface area (Å²) in [7, 11) is 0. The Balaban J connectivity index is 1.45. The maximum Gasteiger partial charge on any atom is 0.155 e. The Morgan fingerprint density at radius 1 is 1.32 bits per heavy atom. The zero-order chi connectivity index (χ0) is 19.3. The van der Waals surface area contributed by atoms with Gasteiger partial charge in [-0.2, -0.15) is 5.10 Å². The third-order valence-electron chi connectivity index (χ3n) is 5.02. The maximum atomic E-state index is 6.27. The van der Waals surface area contributed by atoms with E-state index in [1.807, 2.05) is 43.5 Å². The van der Waals surface area contributed by atoms with E-state index >= 15 is 0 Å². The number of nitrogens with one attached hydrogen (secondary N) is 1. The first kappa shape index (κ1) is 18.9. The van der Waals surface area contributed by atoms with Gasteiger partial charge in [0.25, 0.3) is 0 Å². The average Bonchev–Trinajstić information content (AvgIpc) is 3.15. The lowest BCUT2D eigenvalue weighted by Crippen LogP contribution is -2.34. The summed E-state index contributed by atoms with van der Waals surface area (Å²) in [5, 5.41) is 8.04. The number of hydrogen-bond acceptors (Lipinski definition) is 5. The SMILES string of the molecule is Cc1nc([C@@H]2CCCN(Cc3cc(Cl)ccc3OCc3cccnc3)C2)n[nH]1. The summed E-state index contributed by atoms with van der Waals surface area (Å²) < 4.78 is 6.08. The highest BCUT2D eigenvalue weighted by Crippen LogP contribution is 2.29. The normalized spacial score (nSPS) is 17.6. The second-order valence-corrected chi connectivity index (χ2v) is 7.69. The van der Waals surface area contributed by atoms with E-state index in [0.717, 1.165) is 66.0 Å². The lowest BCUT2D eigenvalue weighted by Gasteiger charge is -2.31. The Hall–Kier alpha value is -2.44. The summed E-state index contributed by atoms with van der Waals surface area (Å²) in [6.07, 6.45) is 5.84. The van der Waals surface area contributed by atoms with E-state index in [1.54, 1.807) is 6.20 Å². The molecule has 146 valence electrons. The molecular formula is C21H24ClN5O. The van der Waals surface area contributed by atoms with Crippen LogP contribution in [0.5, 0.6) is 5.75 Å². The van der Waals surface area contributed by atoms with Crippen molar-refractivity contribution < 1.29 is 4.74 Å². The number of halogens is 1. The van der Waals surface area contributed by atoms with Crippen LogP contribution in [0.3, 0.4) is 0 Å². The molecule has 1 aromatic carbocycles. The molecule has 1 aliphatic heterocycles. The van der Waals surface area contributed by atoms with Gasteiger partial charge in [-0.15, -0.1) is 0 Å². The Morgan fingerprint density at radius 2 is 2.25 bits per heavy atom. The van der Waals surface area contributed by atoms with Gasteiger partial charge in [-0.3, -0.25) is 15.0 Å². The van der Waals surface area contributed by atoms with E-state index < -0.39 is 0 Å². The molecule has 2 aromatic heterocycles. The van der Waals surface area contributed by atoms with Crippen molar-refractivity contribution in [2.45, 2.75) is 38.8 Å². The molecule has 7 heteroatoms. The molecule has 0 radical (unpaired) electrons. The molecule has 1 N–H and O–H groups in total. The Morgan fingerprint density at radius 3 is 3.04 bits per heavy atom. The number of H-pyrrole nitrogens is 1. The van der Waals surface area contributed by atoms with E-state index in [-0.39, 0.29) is 0 Å². The molecule has 0 spiro atoms. The Labute approximate surface area is 169 Å². The van der Waals surface area contributed by atoms with Crippen molar-refractivity contribution in [1.29, 1.82) is 0 Å². The molecule has 3 heterocycles. The topological polar surface area (TPSA) is 66.9 Å². The van der Waals surface area contributed by atoms with Crippen molar-refractivity contribution in [3.63, 3.8) is 0 Å². The number of hydrogen-bond donors (Lipinski definition) is 1. The van der Waals surface area contributed by atoms with E-state index in [4.69, 9.17) is 16.3 Å². The quantitative estimate of drug-likeness (QED) is 0.677. The van der Waals surface area contributed by atoms with Crippen LogP contribution in [0.25, 0.3) is 0 Å². The van der Waals surface area contributed by atoms with Gasteiger partial charge < -0.3 is 4.74 Å². The average molecular weight is 398 g/mol. The molecule has 1 atom stereocenters. The fraction of sp³-hybridized carbons (Fsp3) is 0.381. The van der Waals surface area contributed by atoms with Gasteiger partial charge in [-0.1, -0.05) is 17.7 Å². The number of likely N-dealkylation sites (tertiary alicyclic amines) is 1. The van der Waals surface area contributed by atoms with E-state index in [1.165, 1.54) is 0 Å². The molecule has 1 saturated heterocycles. The number of benzene rings is 1. The molecule has 0 saturated carbocycles. The highest BCUT2D eigenvalue weighted by atomic mass is 35.5. The standard InChI is InChI=1S/C21H24ClN5O/c1-15-24-21(26-25-15)17-5-3-9-27(12-17)13-18-10-19(22)6-7-20(18)28-14-16-4-2-8-23-11-16/h2,4,6-8,10-11,17H,3,5,9,12-14H2,1H3,(H,24,25,26)/t17-/m1/s1. The van der Waals surface area contributed by atoms with Crippen LogP contribution in [0.4, 0.5) is 0 Å². The van der Waals surface area contributed by atoms with Crippen LogP contribution in [0.15, 0.2) is 42.7 Å². The second-order valence-electron chi connectivity index (χ2n) is 7.26. The van der Waals surface area contributed by atoms with Gasteiger partial charge in [0.1, 0.15) is 18.2 Å². The molecule has 1 aliphatic rings. The maximum absolute atomic E-state index is 6.27. The molecule has 1 fully saturated rings. The van der Waals surface area contributed by atoms with Gasteiger partial charge in [-0.25, -0.2) is 4.98 Å². The number of piperidine rings is 1. The first-order valence-electron chi connectivity index (χ1n) is 9.59. The van der Waals surface area contributed by atoms with Crippen LogP contribution in [0.2, 0.25) is 5.02 Å². The number of ether oxygens (including phenoxy) is 1. The van der Waals surface area contributed by atoms with E-state index in [2.05, 4.69) is 25.1 Å². The molecule has 6 nitrogen and oxygen atoms in total. The molecule has 4 rings (SSSR count). The summed E-state index contributed by atoms with van der Waals surface area (Å²) >= 11 is 6.27. The number of aromatic nitrogens is 4. The van der Waals surface area contributed by atoms with Gasteiger partial charge in [-0.05, 0) is 50.6 Å². The molecule has 0 unspecified atom stereocenters. The molecule has 28 heavy (non-hydrogen) atoms. The first-order chi connectivity index (χ1) is 13.7. The first-order valence-corrected chi connectivity index (χ1v) is 9.96. The zero-order valence-corrected chi connectivity index (χ0v) is 16.7. The van der Waals surface area contributed by atoms with Gasteiger partial charge in [0.2, 0.25) is 0 Å². The van der Waals surface area contributed by atoms with Gasteiger partial charge in [0, 0.05) is 47.6 Å². The zero-order valence-electron chi connectivity index (χ0n) is 15.9. The van der Waals surface area contributed by atoms with Crippen molar-refractivity contribution in [2.75, 3.05) is 13.1 Å². The number of rotatable bonds is 6. The minimum Gasteiger partial charge on any atom is -0.489 e. The van der Waals surface area contributed by atoms with Crippen molar-refractivity contribution in [3.05, 3.63) is 70.5 Å². The van der Waals surface area contributed by atoms with Crippen LogP contribution in [0, 0.1) is 6.92 Å². The lowest BCUT2D eigenvalue weighted by molar-refractivity contribution is 0.193. The van der Waals surface area contributed by atoms with Crippen LogP contribution in [-0.2, 0) is 13.2 Å². The fourth-order valence-electron chi connectivity index (χ4n) is 3.65. The highest BCUT2D eigenvalue weighted by Gasteiger charge is 2.25. The van der Waals surface area contributed by atoms with E-state index in [9.17, 15) is 0 Å². The van der Waals surface area contributed by atoms with Crippen molar-refractivity contribution >= 4 is 11.6 Å². The summed E-state index contributed by atoms with van der Waals surface area (Å²) in [4.78, 5) is 11.1. The van der Waals surface area contributed by atoms with Crippen molar-refractivity contribution in [3.8, 4) is 5.75 Å². The van der Waals surface area contributed by atoms with Gasteiger partial charge >= 0.3 is 0 Å². The van der Waals surface area contributed by atoms with Gasteiger partial charge in [0.05, 0.1) is 0 Å². The Bertz CT molecular complexity index is 914. The lowest BCUT2D eigenvalue weighted by atomic mass is 9.97. The monoisotopic (exact) mass is 397 g/mol. The molecule has 3 aromatic rings. The largest absolute Gasteiger partial charge is 0.489 e. The molecule has 0 bridgehead atoms. The number of pyridine rings is 1. The minimum absolute atomic E-state index is 0.359. The van der Waals surface area contributed by atoms with Crippen LogP contribution < -0.4 is 4.74 Å². The number of aryl methyl sites for hydroxylation is 1. The van der Waals surface area contributed by atoms with Crippen LogP contribution >= 0.6 is 11.6 Å². The summed E-state index contributed by atoms with van der Waals surface area (Å²) in [6.45, 7) is 5.21. The fourth-order valence-corrected chi connectivity index (χ4v) is 3.85. The number of aromatic amines is 1. The summed E-state index contributed by atoms with van der Waals surface area (Å²) in [5.41, 5.74) is 2.14. The van der Waals surface area contributed by atoms with E-state index in [0.29, 0.717) is 12.5 Å². The third kappa shape index (κ3) is 4.69. The summed E-state index contributed by atoms with van der Waals surface area (Å²) in [6, 6.07) is 9.75. The van der Waals surface area contributed by atoms with Crippen LogP contribution in [-0.4, -0.2) is 38.2 Å².